The molecule has 1 aliphatic rings. The molecule has 0 aromatic carbocycles. The van der Waals surface area contributed by atoms with E-state index in [1.165, 1.54) is 13.2 Å². The minimum absolute atomic E-state index is 0.219. The highest BCUT2D eigenvalue weighted by Gasteiger charge is 2.42. The summed E-state index contributed by atoms with van der Waals surface area (Å²) in [6, 6.07) is 0. The minimum atomic E-state index is -4.52. The Kier molecular flexibility index (Phi) is 3.70. The lowest BCUT2D eigenvalue weighted by Gasteiger charge is -2.33. The van der Waals surface area contributed by atoms with Gasteiger partial charge < -0.3 is 10.6 Å². The number of nitrogens with zero attached hydrogens (tertiary/aromatic N) is 3. The van der Waals surface area contributed by atoms with Crippen molar-refractivity contribution in [2.75, 3.05) is 7.05 Å². The predicted molar refractivity (Wildman–Crippen MR) is 72.3 cm³/mol. The van der Waals surface area contributed by atoms with Crippen molar-refractivity contribution in [1.82, 2.24) is 20.4 Å². The van der Waals surface area contributed by atoms with Crippen LogP contribution in [0.15, 0.2) is 22.6 Å². The molecule has 1 aliphatic heterocycles. The van der Waals surface area contributed by atoms with Crippen molar-refractivity contribution in [3.8, 4) is 0 Å². The maximum atomic E-state index is 12.9. The maximum Gasteiger partial charge on any atom is 0.421 e. The van der Waals surface area contributed by atoms with Gasteiger partial charge in [-0.25, -0.2) is 4.99 Å². The molecule has 1 aromatic heterocycles. The summed E-state index contributed by atoms with van der Waals surface area (Å²) in [6.45, 7) is 4.33. The molecule has 0 fully saturated rings. The van der Waals surface area contributed by atoms with Crippen LogP contribution in [0.25, 0.3) is 0 Å². The van der Waals surface area contributed by atoms with Crippen LogP contribution in [0.2, 0.25) is 0 Å². The Hall–Kier alpha value is -2.03. The quantitative estimate of drug-likeness (QED) is 0.776. The van der Waals surface area contributed by atoms with E-state index in [2.05, 4.69) is 20.7 Å². The fourth-order valence-corrected chi connectivity index (χ4v) is 2.21. The van der Waals surface area contributed by atoms with E-state index < -0.39 is 17.5 Å². The second-order valence-electron chi connectivity index (χ2n) is 4.65. The number of allylic oxidation sites excluding steroid dienone is 1. The van der Waals surface area contributed by atoms with Crippen molar-refractivity contribution >= 4 is 6.21 Å². The zero-order valence-electron chi connectivity index (χ0n) is 11.9. The molecule has 116 valence electrons. The number of aromatic nitrogens is 2. The van der Waals surface area contributed by atoms with Crippen molar-refractivity contribution in [2.24, 2.45) is 10.7 Å². The monoisotopic (exact) mass is 302 g/mol. The zero-order valence-corrected chi connectivity index (χ0v) is 11.9. The molecule has 0 radical (unpaired) electrons. The average Bonchev–Trinajstić information content (AvgIpc) is 2.78. The molecule has 1 aromatic rings. The number of aliphatic imine (C=N–C) groups is 1. The molecule has 0 saturated heterocycles. The van der Waals surface area contributed by atoms with Gasteiger partial charge in [-0.15, -0.1) is 0 Å². The number of nitrogens with one attached hydrogen (secondary N) is 2. The maximum absolute atomic E-state index is 12.9. The standard InChI is InChI=1S/C12H17F3N6/c1-4-21-7(2)8(6-19-21)12(16)18-5-9(11(13,14)15)10(17-3)20-12/h5-6,17,20H,4,16H2,1-3H3. The van der Waals surface area contributed by atoms with Crippen LogP contribution in [0.5, 0.6) is 0 Å². The zero-order chi connectivity index (χ0) is 15.8. The van der Waals surface area contributed by atoms with Gasteiger partial charge in [-0.05, 0) is 13.8 Å². The van der Waals surface area contributed by atoms with Gasteiger partial charge in [0.2, 0.25) is 5.79 Å². The normalized spacial score (nSPS) is 22.4. The van der Waals surface area contributed by atoms with E-state index in [1.54, 1.807) is 11.6 Å². The van der Waals surface area contributed by atoms with Gasteiger partial charge in [-0.3, -0.25) is 10.4 Å². The van der Waals surface area contributed by atoms with Gasteiger partial charge in [0.05, 0.1) is 11.8 Å². The average molecular weight is 302 g/mol. The molecular weight excluding hydrogens is 285 g/mol. The first-order valence-electron chi connectivity index (χ1n) is 6.37. The minimum Gasteiger partial charge on any atom is -0.374 e. The number of aryl methyl sites for hydroxylation is 1. The fraction of sp³-hybridized carbons (Fsp3) is 0.500. The molecule has 0 bridgehead atoms. The summed E-state index contributed by atoms with van der Waals surface area (Å²) in [4.78, 5) is 3.86. The lowest BCUT2D eigenvalue weighted by molar-refractivity contribution is -0.0875. The van der Waals surface area contributed by atoms with Gasteiger partial charge in [0.15, 0.2) is 0 Å². The molecule has 1 atom stereocenters. The smallest absolute Gasteiger partial charge is 0.374 e. The first kappa shape index (κ1) is 15.4. The molecule has 2 rings (SSSR count). The van der Waals surface area contributed by atoms with Crippen molar-refractivity contribution in [3.63, 3.8) is 0 Å². The number of halogens is 3. The summed E-state index contributed by atoms with van der Waals surface area (Å²) < 4.78 is 40.4. The van der Waals surface area contributed by atoms with Crippen molar-refractivity contribution in [2.45, 2.75) is 32.4 Å². The lowest BCUT2D eigenvalue weighted by Crippen LogP contribution is -2.54. The van der Waals surface area contributed by atoms with Crippen molar-refractivity contribution in [3.05, 3.63) is 28.8 Å². The number of rotatable bonds is 3. The van der Waals surface area contributed by atoms with Crippen LogP contribution in [0.3, 0.4) is 0 Å². The molecule has 2 heterocycles. The number of hydrogen-bond acceptors (Lipinski definition) is 5. The van der Waals surface area contributed by atoms with E-state index >= 15 is 0 Å². The molecule has 4 N–H and O–H groups in total. The number of alkyl halides is 3. The van der Waals surface area contributed by atoms with Gasteiger partial charge in [0.1, 0.15) is 11.4 Å². The highest BCUT2D eigenvalue weighted by molar-refractivity contribution is 5.82. The summed E-state index contributed by atoms with van der Waals surface area (Å²) in [5.74, 6) is -1.70. The molecule has 6 nitrogen and oxygen atoms in total. The van der Waals surface area contributed by atoms with Gasteiger partial charge in [0.25, 0.3) is 0 Å². The number of nitrogens with two attached hydrogens (primary N) is 1. The molecule has 0 aliphatic carbocycles. The third-order valence-corrected chi connectivity index (χ3v) is 3.35. The van der Waals surface area contributed by atoms with Crippen LogP contribution in [0.4, 0.5) is 13.2 Å². The van der Waals surface area contributed by atoms with Crippen molar-refractivity contribution in [1.29, 1.82) is 0 Å². The molecule has 9 heteroatoms. The summed E-state index contributed by atoms with van der Waals surface area (Å²) in [5, 5.41) is 9.22. The second kappa shape index (κ2) is 5.06. The van der Waals surface area contributed by atoms with E-state index in [-0.39, 0.29) is 5.82 Å². The van der Waals surface area contributed by atoms with Crippen LogP contribution < -0.4 is 16.4 Å². The molecular formula is C12H17F3N6. The van der Waals surface area contributed by atoms with E-state index in [0.29, 0.717) is 12.1 Å². The fourth-order valence-electron chi connectivity index (χ4n) is 2.21. The summed E-state index contributed by atoms with van der Waals surface area (Å²) in [5.41, 5.74) is 6.49. The Balaban J connectivity index is 2.43. The number of hydrogen-bond donors (Lipinski definition) is 3. The Morgan fingerprint density at radius 2 is 2.14 bits per heavy atom. The molecule has 0 spiro atoms. The lowest BCUT2D eigenvalue weighted by atomic mass is 10.1. The Labute approximate surface area is 119 Å². The summed E-state index contributed by atoms with van der Waals surface area (Å²) in [6.07, 6.45) is -2.26. The molecule has 21 heavy (non-hydrogen) atoms. The summed E-state index contributed by atoms with van der Waals surface area (Å²) >= 11 is 0. The second-order valence-corrected chi connectivity index (χ2v) is 4.65. The van der Waals surface area contributed by atoms with Crippen molar-refractivity contribution < 1.29 is 13.2 Å². The molecule has 1 unspecified atom stereocenters. The van der Waals surface area contributed by atoms with Crippen LogP contribution >= 0.6 is 0 Å². The van der Waals surface area contributed by atoms with Gasteiger partial charge in [-0.1, -0.05) is 0 Å². The van der Waals surface area contributed by atoms with Gasteiger partial charge >= 0.3 is 6.18 Å². The highest BCUT2D eigenvalue weighted by atomic mass is 19.4. The first-order chi connectivity index (χ1) is 9.73. The Morgan fingerprint density at radius 1 is 1.48 bits per heavy atom. The third-order valence-electron chi connectivity index (χ3n) is 3.35. The van der Waals surface area contributed by atoms with Crippen LogP contribution in [0.1, 0.15) is 18.2 Å². The van der Waals surface area contributed by atoms with Crippen LogP contribution in [-0.4, -0.2) is 29.2 Å². The van der Waals surface area contributed by atoms with Gasteiger partial charge in [-0.2, -0.15) is 18.3 Å². The largest absolute Gasteiger partial charge is 0.421 e. The van der Waals surface area contributed by atoms with E-state index in [4.69, 9.17) is 5.73 Å². The highest BCUT2D eigenvalue weighted by Crippen LogP contribution is 2.31. The van der Waals surface area contributed by atoms with E-state index in [0.717, 1.165) is 11.9 Å². The third kappa shape index (κ3) is 2.60. The molecule has 0 saturated carbocycles. The topological polar surface area (TPSA) is 80.3 Å². The van der Waals surface area contributed by atoms with E-state index in [9.17, 15) is 13.2 Å². The molecule has 0 amide bonds. The Morgan fingerprint density at radius 3 is 2.62 bits per heavy atom. The van der Waals surface area contributed by atoms with E-state index in [1.807, 2.05) is 6.92 Å². The van der Waals surface area contributed by atoms with Crippen LogP contribution in [0, 0.1) is 6.92 Å². The van der Waals surface area contributed by atoms with Crippen LogP contribution in [-0.2, 0) is 12.3 Å². The Bertz CT molecular complexity index is 601. The SMILES string of the molecule is CCn1ncc(C2(N)N=CC(C(F)(F)F)=C(NC)N2)c1C. The predicted octanol–water partition coefficient (Wildman–Crippen LogP) is 0.948. The first-order valence-corrected chi connectivity index (χ1v) is 6.37. The summed E-state index contributed by atoms with van der Waals surface area (Å²) in [7, 11) is 1.38. The van der Waals surface area contributed by atoms with Gasteiger partial charge in [0, 0.05) is 25.5 Å².